The molecule has 1 aromatic carbocycles. The van der Waals surface area contributed by atoms with Gasteiger partial charge in [0.2, 0.25) is 0 Å². The van der Waals surface area contributed by atoms with E-state index in [1.165, 1.54) is 25.7 Å². The molecule has 1 amide bonds. The van der Waals surface area contributed by atoms with Crippen molar-refractivity contribution in [2.24, 2.45) is 11.8 Å². The van der Waals surface area contributed by atoms with Crippen LogP contribution in [0, 0.1) is 18.8 Å². The molecule has 1 saturated carbocycles. The predicted molar refractivity (Wildman–Crippen MR) is 117 cm³/mol. The molecule has 0 radical (unpaired) electrons. The molecular weight excluding hydrogens is 374 g/mol. The van der Waals surface area contributed by atoms with Crippen LogP contribution in [0.1, 0.15) is 53.7 Å². The van der Waals surface area contributed by atoms with Crippen molar-refractivity contribution in [3.05, 3.63) is 65.6 Å². The number of likely N-dealkylation sites (tertiary alicyclic amines) is 1. The molecule has 3 heterocycles. The Morgan fingerprint density at radius 2 is 1.90 bits per heavy atom. The maximum atomic E-state index is 13.0. The Labute approximate surface area is 177 Å². The third-order valence-corrected chi connectivity index (χ3v) is 6.79. The van der Waals surface area contributed by atoms with Crippen LogP contribution in [0.4, 0.5) is 0 Å². The Morgan fingerprint density at radius 3 is 2.70 bits per heavy atom. The average molecular weight is 404 g/mol. The van der Waals surface area contributed by atoms with Crippen molar-refractivity contribution < 1.29 is 9.53 Å². The largest absolute Gasteiger partial charge is 0.487 e. The second-order valence-electron chi connectivity index (χ2n) is 8.81. The van der Waals surface area contributed by atoms with Crippen LogP contribution in [0.15, 0.2) is 48.8 Å². The Morgan fingerprint density at radius 1 is 1.10 bits per heavy atom. The number of imidazole rings is 1. The molecule has 2 unspecified atom stereocenters. The lowest BCUT2D eigenvalue weighted by molar-refractivity contribution is 0.0521. The van der Waals surface area contributed by atoms with Gasteiger partial charge in [-0.15, -0.1) is 0 Å². The van der Waals surface area contributed by atoms with E-state index in [0.717, 1.165) is 53.6 Å². The first-order valence-electron chi connectivity index (χ1n) is 11.1. The highest BCUT2D eigenvalue weighted by molar-refractivity contribution is 5.94. The number of pyridine rings is 1. The number of hydrogen-bond donors (Lipinski definition) is 0. The number of carbonyl (C=O) groups excluding carboxylic acids is 1. The Bertz CT molecular complexity index is 1040. The first-order chi connectivity index (χ1) is 14.7. The van der Waals surface area contributed by atoms with E-state index in [0.29, 0.717) is 12.5 Å². The number of ether oxygens (including phenoxy) is 1. The van der Waals surface area contributed by atoms with E-state index < -0.39 is 0 Å². The van der Waals surface area contributed by atoms with E-state index >= 15 is 0 Å². The molecule has 0 spiro atoms. The first-order valence-corrected chi connectivity index (χ1v) is 11.1. The summed E-state index contributed by atoms with van der Waals surface area (Å²) in [5, 5.41) is 0. The number of amides is 1. The third kappa shape index (κ3) is 3.81. The number of fused-ring (bicyclic) bond motifs is 2. The summed E-state index contributed by atoms with van der Waals surface area (Å²) in [4.78, 5) is 19.7. The van der Waals surface area contributed by atoms with Crippen molar-refractivity contribution in [2.75, 3.05) is 13.1 Å². The summed E-state index contributed by atoms with van der Waals surface area (Å²) < 4.78 is 7.93. The van der Waals surface area contributed by atoms with Gasteiger partial charge in [-0.05, 0) is 67.5 Å². The third-order valence-electron chi connectivity index (χ3n) is 6.79. The minimum absolute atomic E-state index is 0.154. The summed E-state index contributed by atoms with van der Waals surface area (Å²) >= 11 is 0. The van der Waals surface area contributed by atoms with E-state index in [1.807, 2.05) is 47.1 Å². The van der Waals surface area contributed by atoms with Gasteiger partial charge in [-0.2, -0.15) is 0 Å². The molecule has 2 aliphatic rings. The van der Waals surface area contributed by atoms with E-state index in [2.05, 4.69) is 22.9 Å². The highest BCUT2D eigenvalue weighted by Gasteiger charge is 2.33. The van der Waals surface area contributed by atoms with E-state index in [-0.39, 0.29) is 5.91 Å². The zero-order valence-corrected chi connectivity index (χ0v) is 17.6. The second kappa shape index (κ2) is 8.13. The molecule has 2 aromatic heterocycles. The molecule has 0 bridgehead atoms. The van der Waals surface area contributed by atoms with Crippen molar-refractivity contribution in [1.82, 2.24) is 14.3 Å². The van der Waals surface area contributed by atoms with Crippen molar-refractivity contribution in [3.63, 3.8) is 0 Å². The van der Waals surface area contributed by atoms with Gasteiger partial charge in [0.15, 0.2) is 0 Å². The number of hydrogen-bond acceptors (Lipinski definition) is 3. The van der Waals surface area contributed by atoms with Gasteiger partial charge in [0.05, 0.1) is 5.69 Å². The molecule has 1 aliphatic carbocycles. The van der Waals surface area contributed by atoms with Gasteiger partial charge in [0.25, 0.3) is 5.91 Å². The molecule has 30 heavy (non-hydrogen) atoms. The molecule has 5 rings (SSSR count). The van der Waals surface area contributed by atoms with Crippen LogP contribution in [0.5, 0.6) is 5.75 Å². The maximum absolute atomic E-state index is 13.0. The molecule has 5 nitrogen and oxygen atoms in total. The fraction of sp³-hybridized carbons (Fsp3) is 0.440. The minimum Gasteiger partial charge on any atom is -0.487 e. The second-order valence-corrected chi connectivity index (χ2v) is 8.81. The quantitative estimate of drug-likeness (QED) is 0.624. The molecular formula is C25H29N3O2. The zero-order valence-electron chi connectivity index (χ0n) is 17.6. The van der Waals surface area contributed by atoms with Gasteiger partial charge in [-0.1, -0.05) is 25.3 Å². The Kier molecular flexibility index (Phi) is 5.19. The van der Waals surface area contributed by atoms with Gasteiger partial charge in [-0.25, -0.2) is 4.98 Å². The minimum atomic E-state index is 0.154. The van der Waals surface area contributed by atoms with Crippen LogP contribution < -0.4 is 4.74 Å². The number of aromatic nitrogens is 2. The number of benzene rings is 1. The molecule has 3 aromatic rings. The molecule has 156 valence electrons. The van der Waals surface area contributed by atoms with E-state index in [4.69, 9.17) is 4.74 Å². The smallest absolute Gasteiger partial charge is 0.253 e. The van der Waals surface area contributed by atoms with Crippen LogP contribution >= 0.6 is 0 Å². The van der Waals surface area contributed by atoms with Crippen molar-refractivity contribution in [3.8, 4) is 5.75 Å². The lowest BCUT2D eigenvalue weighted by Crippen LogP contribution is -2.44. The van der Waals surface area contributed by atoms with Gasteiger partial charge in [0, 0.05) is 31.0 Å². The lowest BCUT2D eigenvalue weighted by atomic mass is 9.75. The number of rotatable bonds is 4. The number of aryl methyl sites for hydroxylation is 1. The topological polar surface area (TPSA) is 46.8 Å². The van der Waals surface area contributed by atoms with E-state index in [9.17, 15) is 4.79 Å². The van der Waals surface area contributed by atoms with Crippen LogP contribution in [0.25, 0.3) is 5.65 Å². The lowest BCUT2D eigenvalue weighted by Gasteiger charge is -2.41. The molecule has 2 atom stereocenters. The Hall–Kier alpha value is -2.82. The molecule has 2 fully saturated rings. The molecule has 1 aliphatic heterocycles. The van der Waals surface area contributed by atoms with Gasteiger partial charge in [0.1, 0.15) is 18.0 Å². The summed E-state index contributed by atoms with van der Waals surface area (Å²) in [5.41, 5.74) is 3.74. The molecule has 0 N–H and O–H groups in total. The van der Waals surface area contributed by atoms with Crippen LogP contribution in [0.2, 0.25) is 0 Å². The summed E-state index contributed by atoms with van der Waals surface area (Å²) in [7, 11) is 0. The first kappa shape index (κ1) is 19.2. The van der Waals surface area contributed by atoms with Crippen LogP contribution in [0.3, 0.4) is 0 Å². The van der Waals surface area contributed by atoms with Gasteiger partial charge >= 0.3 is 0 Å². The summed E-state index contributed by atoms with van der Waals surface area (Å²) in [6.07, 6.45) is 10.5. The standard InChI is InChI=1S/C25H29N3O2/c1-18-5-4-13-27-16-22(26-24(18)27)17-30-23-10-8-20(9-11-23)25(29)28-14-12-19-6-2-3-7-21(19)15-28/h4-5,8-11,13,16,19,21H,2-3,6-7,12,14-15,17H2,1H3. The average Bonchev–Trinajstić information content (AvgIpc) is 3.22. The summed E-state index contributed by atoms with van der Waals surface area (Å²) in [6.45, 7) is 4.28. The van der Waals surface area contributed by atoms with Gasteiger partial charge < -0.3 is 14.0 Å². The van der Waals surface area contributed by atoms with Crippen molar-refractivity contribution in [2.45, 2.75) is 45.6 Å². The van der Waals surface area contributed by atoms with Crippen molar-refractivity contribution in [1.29, 1.82) is 0 Å². The van der Waals surface area contributed by atoms with Crippen LogP contribution in [-0.4, -0.2) is 33.3 Å². The zero-order chi connectivity index (χ0) is 20.5. The van der Waals surface area contributed by atoms with Crippen LogP contribution in [-0.2, 0) is 6.61 Å². The predicted octanol–water partition coefficient (Wildman–Crippen LogP) is 4.87. The fourth-order valence-electron chi connectivity index (χ4n) is 5.09. The number of carbonyl (C=O) groups is 1. The fourth-order valence-corrected chi connectivity index (χ4v) is 5.09. The van der Waals surface area contributed by atoms with E-state index in [1.54, 1.807) is 0 Å². The monoisotopic (exact) mass is 403 g/mol. The summed E-state index contributed by atoms with van der Waals surface area (Å²) in [5.74, 6) is 2.45. The highest BCUT2D eigenvalue weighted by atomic mass is 16.5. The number of piperidine rings is 1. The van der Waals surface area contributed by atoms with Crippen molar-refractivity contribution >= 4 is 11.6 Å². The SMILES string of the molecule is Cc1cccn2cc(COc3ccc(C(=O)N4CCC5CCCCC5C4)cc3)nc12. The molecule has 5 heteroatoms. The molecule has 1 saturated heterocycles. The maximum Gasteiger partial charge on any atom is 0.253 e. The summed E-state index contributed by atoms with van der Waals surface area (Å²) in [6, 6.07) is 11.6. The highest BCUT2D eigenvalue weighted by Crippen LogP contribution is 2.36. The Balaban J connectivity index is 1.20. The van der Waals surface area contributed by atoms with Gasteiger partial charge in [-0.3, -0.25) is 4.79 Å². The normalized spacial score (nSPS) is 21.4. The number of nitrogens with zero attached hydrogens (tertiary/aromatic N) is 3.